The molecule has 5 aromatic rings. The zero-order valence-electron chi connectivity index (χ0n) is 19.9. The molecule has 4 aromatic heterocycles. The van der Waals surface area contributed by atoms with Gasteiger partial charge in [-0.3, -0.25) is 14.8 Å². The van der Waals surface area contributed by atoms with Crippen molar-refractivity contribution in [1.29, 1.82) is 0 Å². The highest BCUT2D eigenvalue weighted by molar-refractivity contribution is 7.13. The van der Waals surface area contributed by atoms with Crippen LogP contribution in [-0.2, 0) is 19.3 Å². The van der Waals surface area contributed by atoms with Gasteiger partial charge in [-0.25, -0.2) is 4.98 Å². The Kier molecular flexibility index (Phi) is 6.51. The highest BCUT2D eigenvalue weighted by Gasteiger charge is 2.34. The van der Waals surface area contributed by atoms with Gasteiger partial charge in [0.2, 0.25) is 0 Å². The molecule has 0 radical (unpaired) electrons. The molecule has 0 aliphatic heterocycles. The molecule has 188 valence electrons. The summed E-state index contributed by atoms with van der Waals surface area (Å²) in [7, 11) is 0. The minimum atomic E-state index is -4.73. The van der Waals surface area contributed by atoms with E-state index < -0.39 is 17.3 Å². The van der Waals surface area contributed by atoms with Gasteiger partial charge in [0.05, 0.1) is 22.6 Å². The molecule has 0 atom stereocenters. The van der Waals surface area contributed by atoms with Crippen molar-refractivity contribution in [2.75, 3.05) is 0 Å². The Balaban J connectivity index is 1.49. The first kappa shape index (κ1) is 24.6. The van der Waals surface area contributed by atoms with E-state index >= 15 is 0 Å². The Labute approximate surface area is 214 Å². The Bertz CT molecular complexity index is 1650. The Morgan fingerprint density at radius 1 is 1.11 bits per heavy atom. The summed E-state index contributed by atoms with van der Waals surface area (Å²) in [4.78, 5) is 26.7. The van der Waals surface area contributed by atoms with Gasteiger partial charge >= 0.3 is 6.18 Å². The molecule has 6 nitrogen and oxygen atoms in total. The van der Waals surface area contributed by atoms with Crippen molar-refractivity contribution in [3.05, 3.63) is 105 Å². The summed E-state index contributed by atoms with van der Waals surface area (Å²) >= 11 is 1.54. The van der Waals surface area contributed by atoms with Crippen LogP contribution in [0.15, 0.2) is 71.4 Å². The van der Waals surface area contributed by atoms with Crippen LogP contribution in [0.2, 0.25) is 0 Å². The number of ether oxygens (including phenoxy) is 1. The summed E-state index contributed by atoms with van der Waals surface area (Å²) in [5.74, 6) is 0.567. The molecule has 0 bridgehead atoms. The average Bonchev–Trinajstić information content (AvgIpc) is 3.39. The van der Waals surface area contributed by atoms with Crippen molar-refractivity contribution < 1.29 is 17.9 Å². The molecule has 37 heavy (non-hydrogen) atoms. The van der Waals surface area contributed by atoms with Crippen LogP contribution in [0.4, 0.5) is 13.2 Å². The predicted molar refractivity (Wildman–Crippen MR) is 136 cm³/mol. The number of para-hydroxylation sites is 1. The van der Waals surface area contributed by atoms with Gasteiger partial charge in [0.25, 0.3) is 5.56 Å². The van der Waals surface area contributed by atoms with Gasteiger partial charge in [0.15, 0.2) is 0 Å². The van der Waals surface area contributed by atoms with E-state index in [0.717, 1.165) is 37.7 Å². The van der Waals surface area contributed by atoms with Crippen molar-refractivity contribution in [3.63, 3.8) is 0 Å². The fourth-order valence-electron chi connectivity index (χ4n) is 4.19. The first-order valence-corrected chi connectivity index (χ1v) is 12.2. The third-order valence-electron chi connectivity index (χ3n) is 6.03. The summed E-state index contributed by atoms with van der Waals surface area (Å²) in [6.07, 6.45) is -0.0292. The van der Waals surface area contributed by atoms with Crippen molar-refractivity contribution in [1.82, 2.24) is 19.5 Å². The van der Waals surface area contributed by atoms with E-state index in [4.69, 9.17) is 9.72 Å². The van der Waals surface area contributed by atoms with Gasteiger partial charge in [-0.2, -0.15) is 13.2 Å². The van der Waals surface area contributed by atoms with Gasteiger partial charge in [-0.05, 0) is 49.7 Å². The van der Waals surface area contributed by atoms with E-state index in [-0.39, 0.29) is 13.2 Å². The number of rotatable bonds is 6. The lowest BCUT2D eigenvalue weighted by Crippen LogP contribution is -2.29. The van der Waals surface area contributed by atoms with Crippen molar-refractivity contribution in [2.45, 2.75) is 33.2 Å². The lowest BCUT2D eigenvalue weighted by atomic mass is 10.1. The zero-order chi connectivity index (χ0) is 26.2. The molecule has 10 heteroatoms. The van der Waals surface area contributed by atoms with E-state index in [1.165, 1.54) is 23.6 Å². The molecule has 0 amide bonds. The van der Waals surface area contributed by atoms with E-state index in [1.54, 1.807) is 17.8 Å². The number of hydrogen-bond donors (Lipinski definition) is 0. The molecule has 0 N–H and O–H groups in total. The maximum atomic E-state index is 13.2. The number of pyridine rings is 3. The second-order valence-electron chi connectivity index (χ2n) is 8.52. The number of halogens is 3. The van der Waals surface area contributed by atoms with Gasteiger partial charge in [-0.1, -0.05) is 12.1 Å². The summed E-state index contributed by atoms with van der Waals surface area (Å²) in [6, 6.07) is 11.5. The van der Waals surface area contributed by atoms with Crippen molar-refractivity contribution in [2.24, 2.45) is 0 Å². The lowest BCUT2D eigenvalue weighted by molar-refractivity contribution is -0.138. The molecular formula is C27H21F3N4O2S. The van der Waals surface area contributed by atoms with Gasteiger partial charge in [0, 0.05) is 40.8 Å². The standard InChI is InChI=1S/C27H21F3N4O2S/c1-16-8-9-32-22(13-34-10-4-6-21(26(34)35)27(28,29)30)20(16)14-36-23-7-3-5-18-19(24-12-31-15-37-24)11-17(2)33-25(18)23/h3-12,15H,13-14H2,1-2H3. The van der Waals surface area contributed by atoms with E-state index in [2.05, 4.69) is 9.97 Å². The van der Waals surface area contributed by atoms with Crippen LogP contribution in [0.25, 0.3) is 21.3 Å². The molecule has 0 aliphatic rings. The number of hydrogen-bond acceptors (Lipinski definition) is 6. The SMILES string of the molecule is Cc1cc(-c2cncs2)c2cccc(OCc3c(C)ccnc3Cn3cccc(C(F)(F)F)c3=O)c2n1. The monoisotopic (exact) mass is 522 g/mol. The third kappa shape index (κ3) is 4.97. The molecule has 0 unspecified atom stereocenters. The largest absolute Gasteiger partial charge is 0.487 e. The minimum Gasteiger partial charge on any atom is -0.487 e. The van der Waals surface area contributed by atoms with Crippen molar-refractivity contribution >= 4 is 22.2 Å². The highest BCUT2D eigenvalue weighted by atomic mass is 32.1. The van der Waals surface area contributed by atoms with Crippen LogP contribution in [-0.4, -0.2) is 19.5 Å². The first-order valence-electron chi connectivity index (χ1n) is 11.3. The van der Waals surface area contributed by atoms with Crippen LogP contribution in [0.5, 0.6) is 5.75 Å². The molecular weight excluding hydrogens is 501 g/mol. The molecule has 0 aliphatic carbocycles. The summed E-state index contributed by atoms with van der Waals surface area (Å²) in [5.41, 5.74) is 3.98. The number of fused-ring (bicyclic) bond motifs is 1. The number of aromatic nitrogens is 4. The lowest BCUT2D eigenvalue weighted by Gasteiger charge is -2.16. The number of aryl methyl sites for hydroxylation is 2. The fraction of sp³-hybridized carbons (Fsp3) is 0.185. The number of benzene rings is 1. The third-order valence-corrected chi connectivity index (χ3v) is 6.83. The summed E-state index contributed by atoms with van der Waals surface area (Å²) < 4.78 is 46.9. The Hall–Kier alpha value is -4.05. The topological polar surface area (TPSA) is 69.9 Å². The van der Waals surface area contributed by atoms with Crippen LogP contribution in [0.1, 0.15) is 28.1 Å². The molecule has 0 spiro atoms. The molecule has 1 aromatic carbocycles. The van der Waals surface area contributed by atoms with E-state index in [9.17, 15) is 18.0 Å². The second kappa shape index (κ2) is 9.78. The van der Waals surface area contributed by atoms with Gasteiger partial charge in [-0.15, -0.1) is 11.3 Å². The molecule has 5 rings (SSSR count). The zero-order valence-corrected chi connectivity index (χ0v) is 20.7. The van der Waals surface area contributed by atoms with Crippen LogP contribution >= 0.6 is 11.3 Å². The van der Waals surface area contributed by atoms with Crippen molar-refractivity contribution in [3.8, 4) is 16.2 Å². The second-order valence-corrected chi connectivity index (χ2v) is 9.41. The summed E-state index contributed by atoms with van der Waals surface area (Å²) in [5, 5.41) is 0.922. The highest BCUT2D eigenvalue weighted by Crippen LogP contribution is 2.35. The normalized spacial score (nSPS) is 11.7. The van der Waals surface area contributed by atoms with Gasteiger partial charge in [0.1, 0.15) is 23.4 Å². The fourth-order valence-corrected chi connectivity index (χ4v) is 4.84. The smallest absolute Gasteiger partial charge is 0.421 e. The molecule has 0 saturated carbocycles. The number of alkyl halides is 3. The summed E-state index contributed by atoms with van der Waals surface area (Å²) in [6.45, 7) is 3.77. The first-order chi connectivity index (χ1) is 17.7. The van der Waals surface area contributed by atoms with E-state index in [0.29, 0.717) is 22.5 Å². The van der Waals surface area contributed by atoms with Crippen LogP contribution in [0, 0.1) is 13.8 Å². The maximum Gasteiger partial charge on any atom is 0.421 e. The molecule has 0 saturated heterocycles. The number of nitrogens with zero attached hydrogens (tertiary/aromatic N) is 4. The maximum absolute atomic E-state index is 13.2. The molecule has 4 heterocycles. The Morgan fingerprint density at radius 3 is 2.70 bits per heavy atom. The quantitative estimate of drug-likeness (QED) is 0.266. The van der Waals surface area contributed by atoms with Crippen LogP contribution in [0.3, 0.4) is 0 Å². The average molecular weight is 523 g/mol. The van der Waals surface area contributed by atoms with E-state index in [1.807, 2.05) is 44.3 Å². The van der Waals surface area contributed by atoms with Gasteiger partial charge < -0.3 is 9.30 Å². The minimum absolute atomic E-state index is 0.105. The predicted octanol–water partition coefficient (Wildman–Crippen LogP) is 6.18. The van der Waals surface area contributed by atoms with Crippen LogP contribution < -0.4 is 10.3 Å². The number of thiazole rings is 1. The molecule has 0 fully saturated rings. The Morgan fingerprint density at radius 2 is 1.95 bits per heavy atom.